The fourth-order valence-electron chi connectivity index (χ4n) is 2.71. The van der Waals surface area contributed by atoms with Gasteiger partial charge < -0.3 is 49.4 Å². The molecule has 182 valence electrons. The second-order valence-corrected chi connectivity index (χ2v) is 15.1. The van der Waals surface area contributed by atoms with Gasteiger partial charge in [-0.1, -0.05) is 38.5 Å². The van der Waals surface area contributed by atoms with E-state index in [1.165, 1.54) is 0 Å². The molecule has 0 saturated carbocycles. The summed E-state index contributed by atoms with van der Waals surface area (Å²) in [5.41, 5.74) is 0. The average molecular weight is 522 g/mol. The normalized spacial score (nSPS) is 14.9. The lowest BCUT2D eigenvalue weighted by molar-refractivity contribution is 0.119. The first-order valence-corrected chi connectivity index (χ1v) is 15.3. The summed E-state index contributed by atoms with van der Waals surface area (Å²) in [7, 11) is -21.8. The Labute approximate surface area is 173 Å². The van der Waals surface area contributed by atoms with Crippen molar-refractivity contribution in [2.45, 2.75) is 74.4 Å². The van der Waals surface area contributed by atoms with Crippen LogP contribution < -0.4 is 0 Å². The minimum absolute atomic E-state index is 0.0513. The Kier molecular flexibility index (Phi) is 11.3. The number of hydrogen-bond donors (Lipinski definition) is 10. The lowest BCUT2D eigenvalue weighted by atomic mass is 10.1. The van der Waals surface area contributed by atoms with Crippen LogP contribution in [0.3, 0.4) is 0 Å². The molecule has 0 aliphatic carbocycles. The minimum Gasteiger partial charge on any atom is -0.368 e. The van der Waals surface area contributed by atoms with Crippen LogP contribution >= 0.6 is 30.4 Å². The minimum atomic E-state index is -5.46. The lowest BCUT2D eigenvalue weighted by Gasteiger charge is -2.29. The monoisotopic (exact) mass is 522 g/mol. The molecule has 0 amide bonds. The van der Waals surface area contributed by atoms with Crippen LogP contribution in [0.1, 0.15) is 64.2 Å². The molecule has 0 heterocycles. The molecule has 0 bridgehead atoms. The van der Waals surface area contributed by atoms with Crippen molar-refractivity contribution < 1.29 is 67.6 Å². The third-order valence-electron chi connectivity index (χ3n) is 4.64. The number of hydrogen-bond acceptors (Lipinski definition) is 6. The fourth-order valence-corrected chi connectivity index (χ4v) is 7.22. The Balaban J connectivity index is 4.24. The van der Waals surface area contributed by atoms with E-state index in [1.54, 1.807) is 0 Å². The quantitative estimate of drug-likeness (QED) is 0.106. The zero-order valence-electron chi connectivity index (χ0n) is 16.0. The summed E-state index contributed by atoms with van der Waals surface area (Å²) in [6.07, 6.45) is 1.15. The molecular weight excluding hydrogens is 492 g/mol. The van der Waals surface area contributed by atoms with E-state index in [4.69, 9.17) is 39.1 Å². The maximum absolute atomic E-state index is 11.2. The Hall–Kier alpha value is 0.520. The molecule has 0 atom stereocenters. The molecule has 0 aliphatic rings. The molecule has 0 radical (unpaired) electrons. The van der Waals surface area contributed by atoms with Gasteiger partial charge in [-0.15, -0.1) is 0 Å². The smallest absolute Gasteiger partial charge is 0.368 e. The van der Waals surface area contributed by atoms with E-state index >= 15 is 0 Å². The third-order valence-corrected chi connectivity index (χ3v) is 12.4. The second-order valence-electron chi connectivity index (χ2n) is 7.05. The maximum atomic E-state index is 11.2. The molecule has 0 fully saturated rings. The van der Waals surface area contributed by atoms with Crippen LogP contribution in [0.2, 0.25) is 0 Å². The van der Waals surface area contributed by atoms with Gasteiger partial charge in [0.15, 0.2) is 0 Å². The first kappa shape index (κ1) is 30.5. The van der Waals surface area contributed by atoms with E-state index in [2.05, 4.69) is 0 Å². The predicted molar refractivity (Wildman–Crippen MR) is 104 cm³/mol. The molecule has 0 saturated heterocycles. The van der Waals surface area contributed by atoms with Crippen LogP contribution in [-0.4, -0.2) is 59.5 Å². The molecule has 30 heavy (non-hydrogen) atoms. The highest BCUT2D eigenvalue weighted by molar-refractivity contribution is 7.72. The third kappa shape index (κ3) is 8.14. The van der Waals surface area contributed by atoms with E-state index in [1.807, 2.05) is 0 Å². The molecule has 0 unspecified atom stereocenters. The van der Waals surface area contributed by atoms with Crippen LogP contribution in [0.4, 0.5) is 0 Å². The highest BCUT2D eigenvalue weighted by Crippen LogP contribution is 2.70. The largest absolute Gasteiger partial charge is 0.369 e. The molecular formula is C12H30O14P4. The molecule has 14 nitrogen and oxygen atoms in total. The van der Waals surface area contributed by atoms with Crippen molar-refractivity contribution in [3.63, 3.8) is 0 Å². The summed E-state index contributed by atoms with van der Waals surface area (Å²) in [4.78, 5) is 72.1. The highest BCUT2D eigenvalue weighted by Gasteiger charge is 2.59. The Morgan fingerprint density at radius 2 is 0.567 bits per heavy atom. The predicted octanol–water partition coefficient (Wildman–Crippen LogP) is 0.890. The zero-order chi connectivity index (χ0) is 24.1. The molecule has 0 aliphatic heterocycles. The van der Waals surface area contributed by atoms with Crippen LogP contribution in [0.5, 0.6) is 0 Å². The van der Waals surface area contributed by atoms with Gasteiger partial charge in [-0.2, -0.15) is 0 Å². The summed E-state index contributed by atoms with van der Waals surface area (Å²) in [6.45, 7) is 0. The number of unbranched alkanes of at least 4 members (excludes halogenated alkanes) is 7. The van der Waals surface area contributed by atoms with E-state index in [0.717, 1.165) is 0 Å². The Morgan fingerprint density at radius 3 is 0.733 bits per heavy atom. The summed E-state index contributed by atoms with van der Waals surface area (Å²) in [5.74, 6) is 0. The van der Waals surface area contributed by atoms with Gasteiger partial charge in [0, 0.05) is 0 Å². The molecule has 10 N–H and O–H groups in total. The van der Waals surface area contributed by atoms with E-state index in [-0.39, 0.29) is 12.8 Å². The number of aliphatic hydroxyl groups is 2. The van der Waals surface area contributed by atoms with Crippen LogP contribution in [0, 0.1) is 0 Å². The van der Waals surface area contributed by atoms with Crippen LogP contribution in [-0.2, 0) is 18.3 Å². The van der Waals surface area contributed by atoms with Crippen molar-refractivity contribution in [3.05, 3.63) is 0 Å². The second kappa shape index (κ2) is 11.1. The molecule has 0 aromatic carbocycles. The van der Waals surface area contributed by atoms with E-state index in [0.29, 0.717) is 38.5 Å². The van der Waals surface area contributed by atoms with Crippen molar-refractivity contribution in [3.8, 4) is 0 Å². The summed E-state index contributed by atoms with van der Waals surface area (Å²) in [5, 5.41) is 12.6. The van der Waals surface area contributed by atoms with Crippen LogP contribution in [0.15, 0.2) is 0 Å². The van der Waals surface area contributed by atoms with Crippen molar-refractivity contribution in [1.29, 1.82) is 0 Å². The zero-order valence-corrected chi connectivity index (χ0v) is 19.5. The highest BCUT2D eigenvalue weighted by atomic mass is 31.2. The first-order valence-electron chi connectivity index (χ1n) is 8.88. The van der Waals surface area contributed by atoms with Gasteiger partial charge in [0.05, 0.1) is 0 Å². The SMILES string of the molecule is O=P(O)(O)C(O)(CCCCCCCCCCC(O)(P(=O)(O)O)P(=O)(O)O)P(=O)(O)O. The molecule has 0 spiro atoms. The maximum Gasteiger partial charge on any atom is 0.369 e. The average Bonchev–Trinajstić information content (AvgIpc) is 2.51. The Morgan fingerprint density at radius 1 is 0.400 bits per heavy atom. The summed E-state index contributed by atoms with van der Waals surface area (Å²) >= 11 is 0. The van der Waals surface area contributed by atoms with Crippen molar-refractivity contribution in [1.82, 2.24) is 0 Å². The van der Waals surface area contributed by atoms with Gasteiger partial charge in [-0.05, 0) is 25.7 Å². The Bertz CT molecular complexity index is 623. The van der Waals surface area contributed by atoms with Crippen molar-refractivity contribution >= 4 is 30.4 Å². The van der Waals surface area contributed by atoms with Crippen molar-refractivity contribution in [2.24, 2.45) is 0 Å². The number of rotatable bonds is 15. The van der Waals surface area contributed by atoms with E-state index < -0.39 is 53.4 Å². The first-order chi connectivity index (χ1) is 13.2. The van der Waals surface area contributed by atoms with E-state index in [9.17, 15) is 28.5 Å². The van der Waals surface area contributed by atoms with Gasteiger partial charge in [-0.3, -0.25) is 18.3 Å². The van der Waals surface area contributed by atoms with Crippen molar-refractivity contribution in [2.75, 3.05) is 0 Å². The standard InChI is InChI=1S/C12H30O14P4/c13-11(27(15,16)17,28(18,19)20)9-7-5-3-1-2-4-6-8-10-12(14,29(21,22)23)30(24,25)26/h13-14H,1-10H2,(H2,15,16,17)(H2,18,19,20)(H2,21,22,23)(H2,24,25,26). The van der Waals surface area contributed by atoms with Gasteiger partial charge in [0.2, 0.25) is 0 Å². The van der Waals surface area contributed by atoms with Crippen LogP contribution in [0.25, 0.3) is 0 Å². The molecule has 0 aromatic rings. The van der Waals surface area contributed by atoms with Gasteiger partial charge in [0.25, 0.3) is 10.2 Å². The molecule has 0 aromatic heterocycles. The molecule has 18 heteroatoms. The van der Waals surface area contributed by atoms with Gasteiger partial charge in [-0.25, -0.2) is 0 Å². The lowest BCUT2D eigenvalue weighted by Crippen LogP contribution is -2.28. The summed E-state index contributed by atoms with van der Waals surface area (Å²) in [6, 6.07) is 0. The molecule has 0 rings (SSSR count). The fraction of sp³-hybridized carbons (Fsp3) is 1.00. The van der Waals surface area contributed by atoms with Gasteiger partial charge >= 0.3 is 30.4 Å². The topological polar surface area (TPSA) is 271 Å². The summed E-state index contributed by atoms with van der Waals surface area (Å²) < 4.78 is 44.8. The van der Waals surface area contributed by atoms with Gasteiger partial charge in [0.1, 0.15) is 0 Å².